The Labute approximate surface area is 117 Å². The summed E-state index contributed by atoms with van der Waals surface area (Å²) in [6.45, 7) is 0.646. The second-order valence-electron chi connectivity index (χ2n) is 4.42. The molecule has 0 bridgehead atoms. The molecular formula is C15H16N4O. The first kappa shape index (κ1) is 13.8. The number of hydrogen-bond acceptors (Lipinski definition) is 3. The quantitative estimate of drug-likeness (QED) is 0.801. The van der Waals surface area contributed by atoms with Crippen LogP contribution in [0.15, 0.2) is 42.7 Å². The van der Waals surface area contributed by atoms with E-state index in [1.807, 2.05) is 30.3 Å². The van der Waals surface area contributed by atoms with Crippen molar-refractivity contribution in [3.05, 3.63) is 48.3 Å². The summed E-state index contributed by atoms with van der Waals surface area (Å²) in [6.07, 6.45) is 8.68. The van der Waals surface area contributed by atoms with Crippen LogP contribution in [0.25, 0.3) is 0 Å². The molecule has 0 spiro atoms. The van der Waals surface area contributed by atoms with E-state index in [0.29, 0.717) is 12.2 Å². The average Bonchev–Trinajstić information content (AvgIpc) is 2.87. The highest BCUT2D eigenvalue weighted by Gasteiger charge is 2.12. The highest BCUT2D eigenvalue weighted by atomic mass is 16.2. The number of nitrogens with zero attached hydrogens (tertiary/aromatic N) is 2. The molecule has 0 fully saturated rings. The number of terminal acetylenes is 1. The smallest absolute Gasteiger partial charge is 0.242 e. The molecule has 3 N–H and O–H groups in total. The van der Waals surface area contributed by atoms with Crippen molar-refractivity contribution in [2.75, 3.05) is 5.32 Å². The first-order valence-corrected chi connectivity index (χ1v) is 6.25. The van der Waals surface area contributed by atoms with Crippen LogP contribution in [0.4, 0.5) is 5.69 Å². The van der Waals surface area contributed by atoms with Crippen molar-refractivity contribution >= 4 is 11.6 Å². The first-order valence-electron chi connectivity index (χ1n) is 6.25. The number of anilines is 1. The van der Waals surface area contributed by atoms with E-state index in [4.69, 9.17) is 12.2 Å². The van der Waals surface area contributed by atoms with Gasteiger partial charge in [-0.1, -0.05) is 30.3 Å². The van der Waals surface area contributed by atoms with Crippen LogP contribution in [0.2, 0.25) is 0 Å². The predicted molar refractivity (Wildman–Crippen MR) is 77.8 cm³/mol. The van der Waals surface area contributed by atoms with Crippen LogP contribution in [0.1, 0.15) is 12.0 Å². The van der Waals surface area contributed by atoms with Gasteiger partial charge in [0.15, 0.2) is 0 Å². The Morgan fingerprint density at radius 3 is 2.90 bits per heavy atom. The fraction of sp³-hybridized carbons (Fsp3) is 0.200. The molecule has 1 unspecified atom stereocenters. The Balaban J connectivity index is 1.96. The van der Waals surface area contributed by atoms with Gasteiger partial charge in [-0.05, 0) is 5.56 Å². The number of carbonyl (C=O) groups excluding carboxylic acids is 1. The lowest BCUT2D eigenvalue weighted by atomic mass is 10.2. The molecule has 1 aromatic carbocycles. The van der Waals surface area contributed by atoms with E-state index in [0.717, 1.165) is 5.56 Å². The molecule has 1 atom stereocenters. The van der Waals surface area contributed by atoms with E-state index in [1.54, 1.807) is 17.1 Å². The van der Waals surface area contributed by atoms with E-state index in [1.165, 1.54) is 0 Å². The molecule has 5 nitrogen and oxygen atoms in total. The Morgan fingerprint density at radius 2 is 2.20 bits per heavy atom. The fourth-order valence-corrected chi connectivity index (χ4v) is 1.74. The van der Waals surface area contributed by atoms with Crippen molar-refractivity contribution in [2.45, 2.75) is 19.0 Å². The van der Waals surface area contributed by atoms with Gasteiger partial charge in [-0.3, -0.25) is 9.48 Å². The lowest BCUT2D eigenvalue weighted by Crippen LogP contribution is -2.35. The van der Waals surface area contributed by atoms with Gasteiger partial charge in [0.05, 0.1) is 24.5 Å². The zero-order valence-electron chi connectivity index (χ0n) is 11.0. The van der Waals surface area contributed by atoms with Crippen LogP contribution in [0, 0.1) is 12.3 Å². The van der Waals surface area contributed by atoms with Crippen LogP contribution >= 0.6 is 0 Å². The van der Waals surface area contributed by atoms with Crippen LogP contribution in [-0.2, 0) is 11.3 Å². The van der Waals surface area contributed by atoms with E-state index in [9.17, 15) is 4.79 Å². The number of nitrogens with one attached hydrogen (secondary N) is 1. The minimum absolute atomic E-state index is 0.212. The topological polar surface area (TPSA) is 72.9 Å². The number of amides is 1. The molecule has 102 valence electrons. The number of carbonyl (C=O) groups is 1. The summed E-state index contributed by atoms with van der Waals surface area (Å²) in [7, 11) is 0. The van der Waals surface area contributed by atoms with E-state index >= 15 is 0 Å². The van der Waals surface area contributed by atoms with Crippen LogP contribution in [0.3, 0.4) is 0 Å². The summed E-state index contributed by atoms with van der Waals surface area (Å²) >= 11 is 0. The summed E-state index contributed by atoms with van der Waals surface area (Å²) in [6, 6.07) is 9.25. The third-order valence-electron chi connectivity index (χ3n) is 2.76. The number of aromatic nitrogens is 2. The monoisotopic (exact) mass is 268 g/mol. The standard InChI is InChI=1S/C15H16N4O/c1-2-6-14(16)15(20)18-13-9-17-19(11-13)10-12-7-4-3-5-8-12/h1,3-5,7-9,11,14H,6,10,16H2,(H,18,20). The maximum atomic E-state index is 11.7. The maximum Gasteiger partial charge on any atom is 0.242 e. The Morgan fingerprint density at radius 1 is 1.45 bits per heavy atom. The lowest BCUT2D eigenvalue weighted by Gasteiger charge is -2.07. The van der Waals surface area contributed by atoms with Gasteiger partial charge in [-0.25, -0.2) is 0 Å². The van der Waals surface area contributed by atoms with E-state index < -0.39 is 6.04 Å². The molecule has 0 aliphatic rings. The van der Waals surface area contributed by atoms with Gasteiger partial charge in [-0.2, -0.15) is 5.10 Å². The molecule has 0 saturated carbocycles. The zero-order chi connectivity index (χ0) is 14.4. The van der Waals surface area contributed by atoms with Gasteiger partial charge in [0, 0.05) is 12.6 Å². The van der Waals surface area contributed by atoms with Crippen LogP contribution in [-0.4, -0.2) is 21.7 Å². The highest BCUT2D eigenvalue weighted by Crippen LogP contribution is 2.08. The van der Waals surface area contributed by atoms with Crippen molar-refractivity contribution in [1.82, 2.24) is 9.78 Å². The van der Waals surface area contributed by atoms with Crippen molar-refractivity contribution in [3.8, 4) is 12.3 Å². The van der Waals surface area contributed by atoms with Gasteiger partial charge >= 0.3 is 0 Å². The van der Waals surface area contributed by atoms with Gasteiger partial charge in [0.2, 0.25) is 5.91 Å². The SMILES string of the molecule is C#CCC(N)C(=O)Nc1cnn(Cc2ccccc2)c1. The molecule has 0 radical (unpaired) electrons. The van der Waals surface area contributed by atoms with Crippen molar-refractivity contribution < 1.29 is 4.79 Å². The third-order valence-corrected chi connectivity index (χ3v) is 2.76. The molecule has 0 saturated heterocycles. The molecule has 2 rings (SSSR count). The van der Waals surface area contributed by atoms with Crippen LogP contribution < -0.4 is 11.1 Å². The molecule has 1 heterocycles. The number of hydrogen-bond donors (Lipinski definition) is 2. The molecule has 20 heavy (non-hydrogen) atoms. The van der Waals surface area contributed by atoms with E-state index in [-0.39, 0.29) is 12.3 Å². The summed E-state index contributed by atoms with van der Waals surface area (Å²) in [4.78, 5) is 11.7. The van der Waals surface area contributed by atoms with Gasteiger partial charge in [0.25, 0.3) is 0 Å². The zero-order valence-corrected chi connectivity index (χ0v) is 11.0. The number of nitrogens with two attached hydrogens (primary N) is 1. The molecule has 0 aliphatic heterocycles. The lowest BCUT2D eigenvalue weighted by molar-refractivity contribution is -0.117. The largest absolute Gasteiger partial charge is 0.322 e. The minimum Gasteiger partial charge on any atom is -0.322 e. The van der Waals surface area contributed by atoms with E-state index in [2.05, 4.69) is 16.3 Å². The Kier molecular flexibility index (Phi) is 4.53. The summed E-state index contributed by atoms with van der Waals surface area (Å²) in [5.41, 5.74) is 7.37. The van der Waals surface area contributed by atoms with Crippen molar-refractivity contribution in [3.63, 3.8) is 0 Å². The summed E-state index contributed by atoms with van der Waals surface area (Å²) in [5, 5.41) is 6.88. The Hall–Kier alpha value is -2.58. The molecule has 2 aromatic rings. The molecule has 0 aliphatic carbocycles. The average molecular weight is 268 g/mol. The molecule has 5 heteroatoms. The molecule has 1 amide bonds. The highest BCUT2D eigenvalue weighted by molar-refractivity contribution is 5.94. The van der Waals surface area contributed by atoms with Gasteiger partial charge < -0.3 is 11.1 Å². The molecular weight excluding hydrogens is 252 g/mol. The first-order chi connectivity index (χ1) is 9.69. The molecule has 1 aromatic heterocycles. The van der Waals surface area contributed by atoms with Crippen molar-refractivity contribution in [2.24, 2.45) is 5.73 Å². The normalized spacial score (nSPS) is 11.6. The van der Waals surface area contributed by atoms with Gasteiger partial charge in [0.1, 0.15) is 0 Å². The number of benzene rings is 1. The van der Waals surface area contributed by atoms with Gasteiger partial charge in [-0.15, -0.1) is 12.3 Å². The number of rotatable bonds is 5. The minimum atomic E-state index is -0.697. The second-order valence-corrected chi connectivity index (χ2v) is 4.42. The van der Waals surface area contributed by atoms with Crippen LogP contribution in [0.5, 0.6) is 0 Å². The predicted octanol–water partition coefficient (Wildman–Crippen LogP) is 1.22. The second kappa shape index (κ2) is 6.55. The summed E-state index contributed by atoms with van der Waals surface area (Å²) < 4.78 is 1.75. The Bertz CT molecular complexity index is 612. The maximum absolute atomic E-state index is 11.7. The summed E-state index contributed by atoms with van der Waals surface area (Å²) in [5.74, 6) is 2.06. The fourth-order valence-electron chi connectivity index (χ4n) is 1.74. The van der Waals surface area contributed by atoms with Crippen molar-refractivity contribution in [1.29, 1.82) is 0 Å². The third kappa shape index (κ3) is 3.70.